The lowest BCUT2D eigenvalue weighted by atomic mass is 9.64. The van der Waals surface area contributed by atoms with Gasteiger partial charge in [-0.25, -0.2) is 4.79 Å². The summed E-state index contributed by atoms with van der Waals surface area (Å²) in [5.74, 6) is 0.937. The zero-order chi connectivity index (χ0) is 23.5. The van der Waals surface area contributed by atoms with Crippen LogP contribution in [0.25, 0.3) is 0 Å². The molecule has 3 nitrogen and oxygen atoms in total. The van der Waals surface area contributed by atoms with Crippen molar-refractivity contribution >= 4 is 5.97 Å². The normalized spacial score (nSPS) is 31.8. The first-order valence-corrected chi connectivity index (χ1v) is 12.5. The van der Waals surface area contributed by atoms with Gasteiger partial charge in [-0.05, 0) is 98.1 Å². The van der Waals surface area contributed by atoms with Gasteiger partial charge in [-0.3, -0.25) is 0 Å². The van der Waals surface area contributed by atoms with Gasteiger partial charge in [-0.15, -0.1) is 0 Å². The van der Waals surface area contributed by atoms with Crippen LogP contribution in [0.2, 0.25) is 0 Å². The molecule has 1 fully saturated rings. The Hall–Kier alpha value is -1.87. The number of aliphatic hydroxyl groups is 1. The zero-order valence-corrected chi connectivity index (χ0v) is 20.6. The molecule has 2 bridgehead atoms. The first kappa shape index (κ1) is 24.8. The third kappa shape index (κ3) is 5.54. The average Bonchev–Trinajstić information content (AvgIpc) is 3.06. The van der Waals surface area contributed by atoms with Crippen molar-refractivity contribution in [3.05, 3.63) is 58.7 Å². The Bertz CT molecular complexity index is 865. The van der Waals surface area contributed by atoms with Crippen LogP contribution < -0.4 is 0 Å². The Kier molecular flexibility index (Phi) is 8.03. The van der Waals surface area contributed by atoms with Crippen LogP contribution in [0.4, 0.5) is 0 Å². The van der Waals surface area contributed by atoms with E-state index in [-0.39, 0.29) is 11.3 Å². The third-order valence-electron chi connectivity index (χ3n) is 8.09. The lowest BCUT2D eigenvalue weighted by Crippen LogP contribution is -2.32. The molecule has 0 heterocycles. The number of carboxylic acid groups (broad SMARTS) is 1. The van der Waals surface area contributed by atoms with E-state index >= 15 is 0 Å². The minimum Gasteiger partial charge on any atom is -0.478 e. The molecule has 3 heteroatoms. The molecule has 0 saturated heterocycles. The highest BCUT2D eigenvalue weighted by atomic mass is 16.4. The van der Waals surface area contributed by atoms with Gasteiger partial charge in [0.1, 0.15) is 0 Å². The van der Waals surface area contributed by atoms with Gasteiger partial charge < -0.3 is 10.2 Å². The highest BCUT2D eigenvalue weighted by molar-refractivity contribution is 5.90. The minimum absolute atomic E-state index is 0.0485. The maximum Gasteiger partial charge on any atom is 0.335 e. The fraction of sp³-hybridized carbons (Fsp3) is 0.621. The van der Waals surface area contributed by atoms with Crippen molar-refractivity contribution in [1.29, 1.82) is 0 Å². The quantitative estimate of drug-likeness (QED) is 0.490. The molecule has 0 amide bonds. The fourth-order valence-electron chi connectivity index (χ4n) is 6.25. The maximum atomic E-state index is 12.3. The zero-order valence-electron chi connectivity index (χ0n) is 20.6. The summed E-state index contributed by atoms with van der Waals surface area (Å²) < 4.78 is 0. The van der Waals surface area contributed by atoms with E-state index in [0.29, 0.717) is 36.2 Å². The second-order valence-corrected chi connectivity index (χ2v) is 10.9. The number of hydrogen-bond donors (Lipinski definition) is 2. The molecular weight excluding hydrogens is 396 g/mol. The van der Waals surface area contributed by atoms with E-state index in [1.54, 1.807) is 0 Å². The SMILES string of the molecule is C/C1=C\CC[C@@]2(C)C(CC[C@@H]2C(C)C=CC(C)C)c2ccc(cc2C(=O)O)C[C@@H](O)CC1. The van der Waals surface area contributed by atoms with Gasteiger partial charge in [-0.1, -0.05) is 63.6 Å². The fourth-order valence-corrected chi connectivity index (χ4v) is 6.25. The summed E-state index contributed by atoms with van der Waals surface area (Å²) in [6.45, 7) is 11.4. The van der Waals surface area contributed by atoms with E-state index in [9.17, 15) is 15.0 Å². The summed E-state index contributed by atoms with van der Waals surface area (Å²) in [5, 5.41) is 20.6. The van der Waals surface area contributed by atoms with Gasteiger partial charge in [-0.2, -0.15) is 0 Å². The molecule has 3 aliphatic carbocycles. The molecule has 4 rings (SSSR count). The lowest BCUT2D eigenvalue weighted by Gasteiger charge is -2.40. The van der Waals surface area contributed by atoms with Crippen molar-refractivity contribution in [2.45, 2.75) is 91.6 Å². The van der Waals surface area contributed by atoms with E-state index in [2.05, 4.69) is 65.0 Å². The summed E-state index contributed by atoms with van der Waals surface area (Å²) in [5.41, 5.74) is 3.73. The average molecular weight is 439 g/mol. The molecule has 32 heavy (non-hydrogen) atoms. The molecule has 0 spiro atoms. The molecule has 1 aromatic carbocycles. The summed E-state index contributed by atoms with van der Waals surface area (Å²) in [6.07, 6.45) is 13.0. The summed E-state index contributed by atoms with van der Waals surface area (Å²) >= 11 is 0. The van der Waals surface area contributed by atoms with E-state index in [4.69, 9.17) is 0 Å². The highest BCUT2D eigenvalue weighted by Crippen LogP contribution is 2.58. The van der Waals surface area contributed by atoms with Gasteiger partial charge in [0.15, 0.2) is 0 Å². The van der Waals surface area contributed by atoms with Crippen LogP contribution in [0.15, 0.2) is 42.0 Å². The van der Waals surface area contributed by atoms with Crippen molar-refractivity contribution < 1.29 is 15.0 Å². The number of aliphatic hydroxyl groups excluding tert-OH is 1. The number of carbonyl (C=O) groups is 1. The Morgan fingerprint density at radius 2 is 1.91 bits per heavy atom. The van der Waals surface area contributed by atoms with E-state index in [0.717, 1.165) is 43.2 Å². The van der Waals surface area contributed by atoms with Gasteiger partial charge >= 0.3 is 5.97 Å². The molecule has 0 aromatic heterocycles. The van der Waals surface area contributed by atoms with Crippen LogP contribution in [0, 0.1) is 23.2 Å². The number of aromatic carboxylic acids is 1. The standard InChI is InChI=1S/C29H42O3/c1-19(2)8-10-21(4)26-14-15-27-24-13-11-22(18-25(24)28(31)32)17-23(30)12-9-20(3)7-6-16-29(26,27)5/h7-8,10-11,13,18-19,21,23,26-27,30H,6,9,12,14-17H2,1-5H3,(H,31,32)/b10-8?,20-7+/t21?,23-,26+,27?,29+/m0/s1. The van der Waals surface area contributed by atoms with Crippen LogP contribution in [0.5, 0.6) is 0 Å². The Balaban J connectivity index is 2.06. The Morgan fingerprint density at radius 3 is 2.59 bits per heavy atom. The first-order valence-electron chi connectivity index (χ1n) is 12.5. The predicted molar refractivity (Wildman–Crippen MR) is 132 cm³/mol. The van der Waals surface area contributed by atoms with Crippen LogP contribution in [0.1, 0.15) is 101 Å². The summed E-state index contributed by atoms with van der Waals surface area (Å²) in [6, 6.07) is 5.93. The third-order valence-corrected chi connectivity index (χ3v) is 8.09. The van der Waals surface area contributed by atoms with Crippen molar-refractivity contribution in [2.75, 3.05) is 0 Å². The van der Waals surface area contributed by atoms with Crippen LogP contribution in [-0.2, 0) is 6.42 Å². The van der Waals surface area contributed by atoms with Crippen molar-refractivity contribution in [1.82, 2.24) is 0 Å². The maximum absolute atomic E-state index is 12.3. The number of carboxylic acids is 1. The van der Waals surface area contributed by atoms with E-state index < -0.39 is 12.1 Å². The van der Waals surface area contributed by atoms with Gasteiger partial charge in [0, 0.05) is 0 Å². The van der Waals surface area contributed by atoms with Crippen LogP contribution >= 0.6 is 0 Å². The molecule has 5 atom stereocenters. The number of hydrogen-bond acceptors (Lipinski definition) is 2. The number of benzene rings is 1. The second-order valence-electron chi connectivity index (χ2n) is 10.9. The molecule has 176 valence electrons. The molecule has 3 aliphatic rings. The van der Waals surface area contributed by atoms with Crippen LogP contribution in [0.3, 0.4) is 0 Å². The monoisotopic (exact) mass is 438 g/mol. The minimum atomic E-state index is -0.849. The molecule has 2 N–H and O–H groups in total. The molecular formula is C29H42O3. The first-order chi connectivity index (χ1) is 15.1. The Labute approximate surface area is 194 Å². The summed E-state index contributed by atoms with van der Waals surface area (Å²) in [4.78, 5) is 12.3. The van der Waals surface area contributed by atoms with Gasteiger partial charge in [0.2, 0.25) is 0 Å². The lowest BCUT2D eigenvalue weighted by molar-refractivity contribution is 0.0692. The molecule has 0 radical (unpaired) electrons. The number of allylic oxidation sites excluding steroid dienone is 4. The summed E-state index contributed by atoms with van der Waals surface area (Å²) in [7, 11) is 0. The van der Waals surface area contributed by atoms with Gasteiger partial charge in [0.05, 0.1) is 11.7 Å². The van der Waals surface area contributed by atoms with E-state index in [1.165, 1.54) is 5.57 Å². The van der Waals surface area contributed by atoms with E-state index in [1.807, 2.05) is 6.07 Å². The smallest absolute Gasteiger partial charge is 0.335 e. The predicted octanol–water partition coefficient (Wildman–Crippen LogP) is 7.16. The molecule has 1 saturated carbocycles. The van der Waals surface area contributed by atoms with Crippen molar-refractivity contribution in [3.8, 4) is 0 Å². The number of rotatable bonds is 4. The molecule has 2 unspecified atom stereocenters. The largest absolute Gasteiger partial charge is 0.478 e. The van der Waals surface area contributed by atoms with Crippen molar-refractivity contribution in [2.24, 2.45) is 23.2 Å². The second kappa shape index (κ2) is 10.4. The van der Waals surface area contributed by atoms with Crippen LogP contribution in [-0.4, -0.2) is 22.3 Å². The Morgan fingerprint density at radius 1 is 1.16 bits per heavy atom. The molecule has 0 aliphatic heterocycles. The topological polar surface area (TPSA) is 57.5 Å². The number of fused-ring (bicyclic) bond motifs is 8. The molecule has 1 aromatic rings. The van der Waals surface area contributed by atoms with Crippen molar-refractivity contribution in [3.63, 3.8) is 0 Å². The van der Waals surface area contributed by atoms with Gasteiger partial charge in [0.25, 0.3) is 0 Å². The highest BCUT2D eigenvalue weighted by Gasteiger charge is 2.48.